The highest BCUT2D eigenvalue weighted by molar-refractivity contribution is 7.11. The molecule has 3 rings (SSSR count). The molecule has 0 unspecified atom stereocenters. The quantitative estimate of drug-likeness (QED) is 0.664. The summed E-state index contributed by atoms with van der Waals surface area (Å²) in [6.07, 6.45) is 3.28. The van der Waals surface area contributed by atoms with Gasteiger partial charge in [0.05, 0.1) is 17.5 Å². The van der Waals surface area contributed by atoms with Crippen LogP contribution in [0.3, 0.4) is 0 Å². The third-order valence-corrected chi connectivity index (χ3v) is 3.63. The van der Waals surface area contributed by atoms with E-state index in [2.05, 4.69) is 11.1 Å². The molecule has 2 heterocycles. The van der Waals surface area contributed by atoms with Crippen LogP contribution in [-0.2, 0) is 0 Å². The van der Waals surface area contributed by atoms with Crippen LogP contribution in [-0.4, -0.2) is 4.98 Å². The number of rotatable bonds is 3. The van der Waals surface area contributed by atoms with Crippen LogP contribution in [0, 0.1) is 11.3 Å². The molecule has 0 aliphatic heterocycles. The number of hydrogen-bond acceptors (Lipinski definition) is 4. The summed E-state index contributed by atoms with van der Waals surface area (Å²) in [5.74, 6) is 0.651. The Bertz CT molecular complexity index is 764. The van der Waals surface area contributed by atoms with Gasteiger partial charge in [-0.1, -0.05) is 30.3 Å². The number of nitriles is 1. The first-order valence-corrected chi connectivity index (χ1v) is 6.91. The van der Waals surface area contributed by atoms with Gasteiger partial charge in [-0.25, -0.2) is 4.98 Å². The maximum atomic E-state index is 9.26. The molecule has 0 amide bonds. The molecule has 0 saturated heterocycles. The van der Waals surface area contributed by atoms with E-state index >= 15 is 0 Å². The molecule has 20 heavy (non-hydrogen) atoms. The average Bonchev–Trinajstić information content (AvgIpc) is 3.17. The van der Waals surface area contributed by atoms with E-state index in [0.29, 0.717) is 16.3 Å². The van der Waals surface area contributed by atoms with Gasteiger partial charge in [0.1, 0.15) is 16.8 Å². The normalized spacial score (nSPS) is 11.2. The topological polar surface area (TPSA) is 49.8 Å². The minimum Gasteiger partial charge on any atom is -0.465 e. The van der Waals surface area contributed by atoms with Crippen molar-refractivity contribution in [3.8, 4) is 17.3 Å². The molecular formula is C16H10N2OS. The standard InChI is InChI=1S/C16H10N2OS/c17-10-13(9-14-7-4-8-19-14)16-18-15(11-20-16)12-5-2-1-3-6-12/h1-9,11H. The lowest BCUT2D eigenvalue weighted by Crippen LogP contribution is -1.82. The summed E-state index contributed by atoms with van der Waals surface area (Å²) in [7, 11) is 0. The molecule has 0 saturated carbocycles. The summed E-state index contributed by atoms with van der Waals surface area (Å²) in [6.45, 7) is 0. The van der Waals surface area contributed by atoms with E-state index in [4.69, 9.17) is 4.42 Å². The fourth-order valence-electron chi connectivity index (χ4n) is 1.80. The van der Waals surface area contributed by atoms with Crippen molar-refractivity contribution in [1.82, 2.24) is 4.98 Å². The van der Waals surface area contributed by atoms with Crippen molar-refractivity contribution in [2.45, 2.75) is 0 Å². The summed E-state index contributed by atoms with van der Waals surface area (Å²) in [5, 5.41) is 11.9. The summed E-state index contributed by atoms with van der Waals surface area (Å²) in [6, 6.07) is 15.7. The van der Waals surface area contributed by atoms with Gasteiger partial charge in [-0.05, 0) is 12.1 Å². The molecule has 0 N–H and O–H groups in total. The summed E-state index contributed by atoms with van der Waals surface area (Å²) < 4.78 is 5.23. The number of hydrogen-bond donors (Lipinski definition) is 0. The molecule has 3 nitrogen and oxygen atoms in total. The van der Waals surface area contributed by atoms with E-state index in [-0.39, 0.29) is 0 Å². The summed E-state index contributed by atoms with van der Waals surface area (Å²) in [5.41, 5.74) is 2.43. The number of nitrogens with zero attached hydrogens (tertiary/aromatic N) is 2. The van der Waals surface area contributed by atoms with E-state index in [1.54, 1.807) is 18.4 Å². The lowest BCUT2D eigenvalue weighted by atomic mass is 10.2. The Morgan fingerprint density at radius 2 is 2.05 bits per heavy atom. The third-order valence-electron chi connectivity index (χ3n) is 2.75. The smallest absolute Gasteiger partial charge is 0.134 e. The molecule has 0 spiro atoms. The number of benzene rings is 1. The zero-order chi connectivity index (χ0) is 13.8. The van der Waals surface area contributed by atoms with Crippen LogP contribution < -0.4 is 0 Å². The van der Waals surface area contributed by atoms with Crippen molar-refractivity contribution in [2.75, 3.05) is 0 Å². The molecule has 4 heteroatoms. The predicted octanol–water partition coefficient (Wildman–Crippen LogP) is 4.47. The molecule has 0 bridgehead atoms. The van der Waals surface area contributed by atoms with Crippen molar-refractivity contribution in [2.24, 2.45) is 0 Å². The highest BCUT2D eigenvalue weighted by atomic mass is 32.1. The second-order valence-corrected chi connectivity index (χ2v) is 4.95. The lowest BCUT2D eigenvalue weighted by Gasteiger charge is -1.94. The van der Waals surface area contributed by atoms with Gasteiger partial charge in [-0.3, -0.25) is 0 Å². The van der Waals surface area contributed by atoms with Crippen LogP contribution in [0.1, 0.15) is 10.8 Å². The van der Waals surface area contributed by atoms with E-state index in [1.807, 2.05) is 41.8 Å². The number of aromatic nitrogens is 1. The van der Waals surface area contributed by atoms with E-state index in [0.717, 1.165) is 11.3 Å². The first-order valence-electron chi connectivity index (χ1n) is 6.03. The summed E-state index contributed by atoms with van der Waals surface area (Å²) >= 11 is 1.46. The largest absolute Gasteiger partial charge is 0.465 e. The fourth-order valence-corrected chi connectivity index (χ4v) is 2.59. The molecule has 0 fully saturated rings. The highest BCUT2D eigenvalue weighted by Crippen LogP contribution is 2.26. The second kappa shape index (κ2) is 5.55. The van der Waals surface area contributed by atoms with Crippen LogP contribution in [0.4, 0.5) is 0 Å². The second-order valence-electron chi connectivity index (χ2n) is 4.09. The molecule has 1 aromatic carbocycles. The first-order chi connectivity index (χ1) is 9.86. The van der Waals surface area contributed by atoms with Crippen LogP contribution in [0.5, 0.6) is 0 Å². The van der Waals surface area contributed by atoms with Gasteiger partial charge in [-0.15, -0.1) is 11.3 Å². The van der Waals surface area contributed by atoms with Crippen LogP contribution in [0.2, 0.25) is 0 Å². The minimum atomic E-state index is 0.507. The molecule has 0 aliphatic rings. The van der Waals surface area contributed by atoms with Crippen molar-refractivity contribution >= 4 is 23.0 Å². The number of furan rings is 1. The Hall–Kier alpha value is -2.64. The Kier molecular flexibility index (Phi) is 3.44. The van der Waals surface area contributed by atoms with E-state index < -0.39 is 0 Å². The van der Waals surface area contributed by atoms with Gasteiger partial charge in [0, 0.05) is 17.0 Å². The molecule has 0 atom stereocenters. The molecule has 0 aliphatic carbocycles. The monoisotopic (exact) mass is 278 g/mol. The number of allylic oxidation sites excluding steroid dienone is 1. The van der Waals surface area contributed by atoms with Crippen LogP contribution in [0.15, 0.2) is 58.5 Å². The maximum absolute atomic E-state index is 9.26. The van der Waals surface area contributed by atoms with E-state index in [1.165, 1.54) is 11.3 Å². The average molecular weight is 278 g/mol. The Balaban J connectivity index is 1.95. The van der Waals surface area contributed by atoms with Gasteiger partial charge < -0.3 is 4.42 Å². The fraction of sp³-hybridized carbons (Fsp3) is 0. The third kappa shape index (κ3) is 2.53. The predicted molar refractivity (Wildman–Crippen MR) is 79.7 cm³/mol. The van der Waals surface area contributed by atoms with Crippen molar-refractivity contribution < 1.29 is 4.42 Å². The van der Waals surface area contributed by atoms with Crippen LogP contribution in [0.25, 0.3) is 22.9 Å². The first kappa shape index (κ1) is 12.4. The van der Waals surface area contributed by atoms with Crippen molar-refractivity contribution in [3.05, 3.63) is 64.9 Å². The number of thiazole rings is 1. The van der Waals surface area contributed by atoms with Gasteiger partial charge in [0.2, 0.25) is 0 Å². The van der Waals surface area contributed by atoms with Crippen molar-refractivity contribution in [1.29, 1.82) is 5.26 Å². The zero-order valence-corrected chi connectivity index (χ0v) is 11.3. The molecule has 0 radical (unpaired) electrons. The minimum absolute atomic E-state index is 0.507. The SMILES string of the molecule is N#CC(=Cc1ccco1)c1nc(-c2ccccc2)cs1. The Labute approximate surface area is 120 Å². The molecule has 2 aromatic heterocycles. The Morgan fingerprint density at radius 3 is 2.75 bits per heavy atom. The van der Waals surface area contributed by atoms with Gasteiger partial charge in [-0.2, -0.15) is 5.26 Å². The van der Waals surface area contributed by atoms with Gasteiger partial charge >= 0.3 is 0 Å². The Morgan fingerprint density at radius 1 is 1.20 bits per heavy atom. The van der Waals surface area contributed by atoms with E-state index in [9.17, 15) is 5.26 Å². The lowest BCUT2D eigenvalue weighted by molar-refractivity contribution is 0.557. The summed E-state index contributed by atoms with van der Waals surface area (Å²) in [4.78, 5) is 4.52. The van der Waals surface area contributed by atoms with Gasteiger partial charge in [0.25, 0.3) is 0 Å². The molecule has 96 valence electrons. The molecular weight excluding hydrogens is 268 g/mol. The van der Waals surface area contributed by atoms with Crippen molar-refractivity contribution in [3.63, 3.8) is 0 Å². The maximum Gasteiger partial charge on any atom is 0.134 e. The highest BCUT2D eigenvalue weighted by Gasteiger charge is 2.09. The molecule has 3 aromatic rings. The zero-order valence-electron chi connectivity index (χ0n) is 10.5. The van der Waals surface area contributed by atoms with Crippen LogP contribution >= 0.6 is 11.3 Å². The van der Waals surface area contributed by atoms with Gasteiger partial charge in [0.15, 0.2) is 0 Å².